The SMILES string of the molecule is Cc1cc(C(=O)N2CC3(CCN(C4CCCCC(NC(=O)OC(C)C)C4)CC3)c3cc(F)ccc32)nn1C. The summed E-state index contributed by atoms with van der Waals surface area (Å²) in [5, 5.41) is 7.49. The molecule has 5 rings (SSSR count). The van der Waals surface area contributed by atoms with E-state index in [2.05, 4.69) is 15.3 Å². The monoisotopic (exact) mass is 525 g/mol. The standard InChI is InChI=1S/C29H40FN5O3/c1-19(2)38-28(37)31-22-7-5-6-8-23(17-22)34-13-11-29(12-14-34)18-35(26-10-9-21(30)16-24(26)29)27(36)25-15-20(3)33(4)32-25/h9-10,15-16,19,22-23H,5-8,11-14,17-18H2,1-4H3,(H,31,37). The number of benzene rings is 1. The molecule has 1 saturated carbocycles. The normalized spacial score (nSPS) is 23.4. The van der Waals surface area contributed by atoms with E-state index in [1.54, 1.807) is 21.7 Å². The maximum atomic E-state index is 14.5. The van der Waals surface area contributed by atoms with Crippen LogP contribution in [0.2, 0.25) is 0 Å². The zero-order valence-electron chi connectivity index (χ0n) is 23.0. The van der Waals surface area contributed by atoms with Gasteiger partial charge in [-0.2, -0.15) is 5.10 Å². The summed E-state index contributed by atoms with van der Waals surface area (Å²) in [4.78, 5) is 30.1. The summed E-state index contributed by atoms with van der Waals surface area (Å²) in [5.41, 5.74) is 2.81. The largest absolute Gasteiger partial charge is 0.447 e. The van der Waals surface area contributed by atoms with Crippen LogP contribution in [-0.4, -0.2) is 64.5 Å². The van der Waals surface area contributed by atoms with Crippen molar-refractivity contribution in [3.8, 4) is 0 Å². The third kappa shape index (κ3) is 5.30. The van der Waals surface area contributed by atoms with E-state index in [1.807, 2.05) is 33.9 Å². The summed E-state index contributed by atoms with van der Waals surface area (Å²) in [6.45, 7) is 7.96. The third-order valence-electron chi connectivity index (χ3n) is 8.69. The van der Waals surface area contributed by atoms with Gasteiger partial charge >= 0.3 is 6.09 Å². The van der Waals surface area contributed by atoms with Crippen LogP contribution in [-0.2, 0) is 17.2 Å². The molecule has 1 N–H and O–H groups in total. The van der Waals surface area contributed by atoms with Gasteiger partial charge in [0.1, 0.15) is 5.82 Å². The maximum Gasteiger partial charge on any atom is 0.407 e. The first-order chi connectivity index (χ1) is 18.1. The number of aryl methyl sites for hydroxylation is 2. The fourth-order valence-electron chi connectivity index (χ4n) is 6.58. The van der Waals surface area contributed by atoms with Gasteiger partial charge in [0.2, 0.25) is 0 Å². The molecule has 9 heteroatoms. The summed E-state index contributed by atoms with van der Waals surface area (Å²) in [7, 11) is 1.83. The van der Waals surface area contributed by atoms with Gasteiger partial charge in [-0.3, -0.25) is 9.48 Å². The number of amides is 2. The first kappa shape index (κ1) is 26.7. The van der Waals surface area contributed by atoms with Crippen molar-refractivity contribution in [2.75, 3.05) is 24.5 Å². The maximum absolute atomic E-state index is 14.5. The summed E-state index contributed by atoms with van der Waals surface area (Å²) in [6, 6.07) is 7.14. The molecule has 38 heavy (non-hydrogen) atoms. The number of rotatable bonds is 4. The molecule has 1 saturated heterocycles. The van der Waals surface area contributed by atoms with Gasteiger partial charge in [-0.15, -0.1) is 0 Å². The van der Waals surface area contributed by atoms with Crippen molar-refractivity contribution >= 4 is 17.7 Å². The van der Waals surface area contributed by atoms with Gasteiger partial charge in [0.05, 0.1) is 6.10 Å². The van der Waals surface area contributed by atoms with Gasteiger partial charge in [0.15, 0.2) is 5.69 Å². The van der Waals surface area contributed by atoms with Crippen LogP contribution in [0.3, 0.4) is 0 Å². The number of aromatic nitrogens is 2. The van der Waals surface area contributed by atoms with Crippen molar-refractivity contribution < 1.29 is 18.7 Å². The van der Waals surface area contributed by atoms with Crippen LogP contribution < -0.4 is 10.2 Å². The first-order valence-electron chi connectivity index (χ1n) is 14.0. The second kappa shape index (κ2) is 10.7. The molecule has 2 aromatic rings. The Bertz CT molecular complexity index is 1170. The van der Waals surface area contributed by atoms with Gasteiger partial charge < -0.3 is 19.9 Å². The lowest BCUT2D eigenvalue weighted by Crippen LogP contribution is -2.50. The van der Waals surface area contributed by atoms with Gasteiger partial charge in [-0.1, -0.05) is 12.8 Å². The average molecular weight is 526 g/mol. The molecule has 2 amide bonds. The number of nitrogens with one attached hydrogen (secondary N) is 1. The molecule has 206 valence electrons. The van der Waals surface area contributed by atoms with Crippen molar-refractivity contribution in [1.29, 1.82) is 0 Å². The van der Waals surface area contributed by atoms with Crippen molar-refractivity contribution in [2.45, 2.75) is 89.3 Å². The van der Waals surface area contributed by atoms with Gasteiger partial charge in [0.25, 0.3) is 5.91 Å². The molecule has 0 radical (unpaired) electrons. The first-order valence-corrected chi connectivity index (χ1v) is 14.0. The Hall–Kier alpha value is -2.94. The van der Waals surface area contributed by atoms with Crippen LogP contribution in [0.4, 0.5) is 14.9 Å². The minimum Gasteiger partial charge on any atom is -0.447 e. The molecule has 2 atom stereocenters. The molecule has 2 fully saturated rings. The number of carbonyl (C=O) groups is 2. The van der Waals surface area contributed by atoms with E-state index < -0.39 is 0 Å². The molecule has 8 nitrogen and oxygen atoms in total. The van der Waals surface area contributed by atoms with Gasteiger partial charge in [-0.25, -0.2) is 9.18 Å². The van der Waals surface area contributed by atoms with Crippen LogP contribution in [0.5, 0.6) is 0 Å². The highest BCUT2D eigenvalue weighted by Crippen LogP contribution is 2.48. The van der Waals surface area contributed by atoms with E-state index in [0.717, 1.165) is 75.0 Å². The van der Waals surface area contributed by atoms with Gasteiger partial charge in [0, 0.05) is 42.5 Å². The number of hydrogen-bond acceptors (Lipinski definition) is 5. The molecular weight excluding hydrogens is 485 g/mol. The average Bonchev–Trinajstić information content (AvgIpc) is 3.25. The molecule has 1 aliphatic carbocycles. The fraction of sp³-hybridized carbons (Fsp3) is 0.621. The molecule has 3 heterocycles. The smallest absolute Gasteiger partial charge is 0.407 e. The van der Waals surface area contributed by atoms with E-state index in [-0.39, 0.29) is 35.4 Å². The van der Waals surface area contributed by atoms with Crippen LogP contribution in [0.1, 0.15) is 80.5 Å². The Morgan fingerprint density at radius 2 is 1.89 bits per heavy atom. The predicted molar refractivity (Wildman–Crippen MR) is 144 cm³/mol. The van der Waals surface area contributed by atoms with E-state index in [1.165, 1.54) is 6.07 Å². The number of nitrogens with zero attached hydrogens (tertiary/aromatic N) is 4. The zero-order chi connectivity index (χ0) is 27.0. The highest BCUT2D eigenvalue weighted by Gasteiger charge is 2.47. The minimum atomic E-state index is -0.333. The number of fused-ring (bicyclic) bond motifs is 2. The number of carbonyl (C=O) groups excluding carboxylic acids is 2. The Balaban J connectivity index is 1.30. The van der Waals surface area contributed by atoms with E-state index in [4.69, 9.17) is 4.74 Å². The Morgan fingerprint density at radius 1 is 1.16 bits per heavy atom. The van der Waals surface area contributed by atoms with E-state index in [9.17, 15) is 14.0 Å². The number of alkyl carbamates (subject to hydrolysis) is 1. The van der Waals surface area contributed by atoms with Crippen molar-refractivity contribution in [3.05, 3.63) is 47.0 Å². The quantitative estimate of drug-likeness (QED) is 0.586. The number of hydrogen-bond donors (Lipinski definition) is 1. The van der Waals surface area contributed by atoms with E-state index in [0.29, 0.717) is 18.3 Å². The van der Waals surface area contributed by atoms with Crippen molar-refractivity contribution in [1.82, 2.24) is 20.0 Å². The van der Waals surface area contributed by atoms with E-state index >= 15 is 0 Å². The Morgan fingerprint density at radius 3 is 2.58 bits per heavy atom. The Kier molecular flexibility index (Phi) is 7.49. The minimum absolute atomic E-state index is 0.112. The number of piperidine rings is 1. The fourth-order valence-corrected chi connectivity index (χ4v) is 6.58. The summed E-state index contributed by atoms with van der Waals surface area (Å²) in [5.74, 6) is -0.397. The predicted octanol–water partition coefficient (Wildman–Crippen LogP) is 4.70. The highest BCUT2D eigenvalue weighted by atomic mass is 19.1. The molecule has 1 aromatic carbocycles. The zero-order valence-corrected chi connectivity index (χ0v) is 23.0. The topological polar surface area (TPSA) is 79.7 Å². The molecule has 1 aromatic heterocycles. The lowest BCUT2D eigenvalue weighted by Gasteiger charge is -2.43. The molecule has 3 aliphatic rings. The second-order valence-corrected chi connectivity index (χ2v) is 11.6. The van der Waals surface area contributed by atoms with Crippen molar-refractivity contribution in [2.24, 2.45) is 7.05 Å². The van der Waals surface area contributed by atoms with Gasteiger partial charge in [-0.05, 0) is 95.8 Å². The summed E-state index contributed by atoms with van der Waals surface area (Å²) < 4.78 is 21.5. The summed E-state index contributed by atoms with van der Waals surface area (Å²) in [6.07, 6.45) is 6.48. The van der Waals surface area contributed by atoms with Crippen LogP contribution in [0, 0.1) is 12.7 Å². The molecule has 0 bridgehead atoms. The number of likely N-dealkylation sites (tertiary alicyclic amines) is 1. The molecule has 1 spiro atoms. The van der Waals surface area contributed by atoms with Crippen LogP contribution in [0.15, 0.2) is 24.3 Å². The highest BCUT2D eigenvalue weighted by molar-refractivity contribution is 6.06. The number of anilines is 1. The third-order valence-corrected chi connectivity index (χ3v) is 8.69. The van der Waals surface area contributed by atoms with Crippen LogP contribution >= 0.6 is 0 Å². The summed E-state index contributed by atoms with van der Waals surface area (Å²) >= 11 is 0. The number of ether oxygens (including phenoxy) is 1. The molecule has 2 unspecified atom stereocenters. The number of halogens is 1. The second-order valence-electron chi connectivity index (χ2n) is 11.6. The van der Waals surface area contributed by atoms with Crippen molar-refractivity contribution in [3.63, 3.8) is 0 Å². The van der Waals surface area contributed by atoms with Crippen LogP contribution in [0.25, 0.3) is 0 Å². The Labute approximate surface area is 224 Å². The molecule has 2 aliphatic heterocycles. The lowest BCUT2D eigenvalue weighted by atomic mass is 9.74. The lowest BCUT2D eigenvalue weighted by molar-refractivity contribution is 0.0911. The molecular formula is C29H40FN5O3.